The number of fused-ring (bicyclic) bond motifs is 2. The highest BCUT2D eigenvalue weighted by Gasteiger charge is 2.48. The number of hydrogen-bond acceptors (Lipinski definition) is 7. The van der Waals surface area contributed by atoms with Crippen molar-refractivity contribution in [2.75, 3.05) is 0 Å². The van der Waals surface area contributed by atoms with Crippen LogP contribution in [0.1, 0.15) is 132 Å². The van der Waals surface area contributed by atoms with Gasteiger partial charge >= 0.3 is 0 Å². The molecule has 8 aliphatic rings. The second-order valence-electron chi connectivity index (χ2n) is 18.2. The third-order valence-electron chi connectivity index (χ3n) is 14.4. The quantitative estimate of drug-likeness (QED) is 0.269. The van der Waals surface area contributed by atoms with Crippen molar-refractivity contribution in [1.82, 2.24) is 0 Å². The van der Waals surface area contributed by atoms with Gasteiger partial charge < -0.3 is 23.7 Å². The number of ether oxygens (including phenoxy) is 5. The van der Waals surface area contributed by atoms with E-state index >= 15 is 0 Å². The highest BCUT2D eigenvalue weighted by molar-refractivity contribution is 5.89. The van der Waals surface area contributed by atoms with Gasteiger partial charge in [-0.05, 0) is 104 Å². The van der Waals surface area contributed by atoms with Gasteiger partial charge in [0.25, 0.3) is 0 Å². The maximum Gasteiger partial charge on any atom is 0.155 e. The van der Waals surface area contributed by atoms with E-state index in [0.29, 0.717) is 43.4 Å². The van der Waals surface area contributed by atoms with E-state index in [1.807, 2.05) is 6.08 Å². The largest absolute Gasteiger partial charge is 0.374 e. The number of carbonyl (C=O) groups is 2. The number of Topliss-reactive ketones (excluding diaryl/α,β-unsaturated/α-hetero) is 1. The minimum Gasteiger partial charge on any atom is -0.374 e. The fourth-order valence-corrected chi connectivity index (χ4v) is 10.4. The van der Waals surface area contributed by atoms with Crippen LogP contribution in [0.2, 0.25) is 0 Å². The molecular formula is C45H70O7. The molecule has 0 aromatic heterocycles. The van der Waals surface area contributed by atoms with Crippen molar-refractivity contribution in [3.05, 3.63) is 36.5 Å². The number of carbonyl (C=O) groups excluding carboxylic acids is 2. The molecule has 0 radical (unpaired) electrons. The Kier molecular flexibility index (Phi) is 13.4. The van der Waals surface area contributed by atoms with Gasteiger partial charge in [0.2, 0.25) is 0 Å². The summed E-state index contributed by atoms with van der Waals surface area (Å²) in [5, 5.41) is 0. The van der Waals surface area contributed by atoms with E-state index < -0.39 is 0 Å². The van der Waals surface area contributed by atoms with E-state index in [4.69, 9.17) is 23.7 Å². The Morgan fingerprint density at radius 1 is 0.731 bits per heavy atom. The monoisotopic (exact) mass is 723 g/mol. The van der Waals surface area contributed by atoms with Crippen LogP contribution >= 0.6 is 0 Å². The van der Waals surface area contributed by atoms with E-state index in [-0.39, 0.29) is 96.3 Å². The lowest BCUT2D eigenvalue weighted by molar-refractivity contribution is -0.232. The molecule has 0 aromatic rings. The smallest absolute Gasteiger partial charge is 0.155 e. The van der Waals surface area contributed by atoms with Crippen molar-refractivity contribution in [2.24, 2.45) is 41.4 Å². The Hall–Kier alpha value is -1.64. The molecule has 292 valence electrons. The fraction of sp³-hybridized carbons (Fsp3) is 0.822. The standard InChI is InChI=1S/C45H70O7/c1-10-25(2)19-41-32(9)38-23-34(47)22-37-16-18-40-45(50-37)31(8)30(7)44(52-40)26(3)11-12-33(46)13-14-35-21-28(5)39(48-35)17-15-36-20-27(4)29(6)42(49-36)24-43(38)51-41/h11-12,25-27,30-32,35-45H,5-6,10,13-24H2,1-4,7-9H3/b12-11+/t25-,26+,27-,30+,31-,32-,35+,36+,37?,38-,39?,40+,41-,42-,43?,44+,45-/m1/s1. The second-order valence-corrected chi connectivity index (χ2v) is 18.2. The zero-order valence-corrected chi connectivity index (χ0v) is 33.4. The van der Waals surface area contributed by atoms with E-state index in [2.05, 4.69) is 61.6 Å². The predicted octanol–water partition coefficient (Wildman–Crippen LogP) is 9.17. The first kappa shape index (κ1) is 40.0. The van der Waals surface area contributed by atoms with Gasteiger partial charge in [-0.1, -0.05) is 74.1 Å². The van der Waals surface area contributed by atoms with Gasteiger partial charge in [-0.15, -0.1) is 0 Å². The van der Waals surface area contributed by atoms with Crippen LogP contribution in [0.25, 0.3) is 0 Å². The molecule has 5 fully saturated rings. The minimum atomic E-state index is -0.0936. The molecule has 0 spiro atoms. The predicted molar refractivity (Wildman–Crippen MR) is 205 cm³/mol. The molecule has 8 bridgehead atoms. The van der Waals surface area contributed by atoms with Crippen molar-refractivity contribution < 1.29 is 33.3 Å². The number of allylic oxidation sites excluding steroid dienone is 1. The molecular weight excluding hydrogens is 652 g/mol. The molecule has 8 aliphatic heterocycles. The summed E-state index contributed by atoms with van der Waals surface area (Å²) in [5.74, 6) is 2.45. The van der Waals surface area contributed by atoms with Crippen LogP contribution in [0, 0.1) is 41.4 Å². The summed E-state index contributed by atoms with van der Waals surface area (Å²) >= 11 is 0. The molecule has 8 rings (SSSR count). The summed E-state index contributed by atoms with van der Waals surface area (Å²) < 4.78 is 33.7. The Morgan fingerprint density at radius 3 is 2.21 bits per heavy atom. The molecule has 0 aliphatic carbocycles. The average Bonchev–Trinajstić information content (AvgIpc) is 3.61. The fourth-order valence-electron chi connectivity index (χ4n) is 10.4. The average molecular weight is 723 g/mol. The van der Waals surface area contributed by atoms with Gasteiger partial charge in [0.15, 0.2) is 5.78 Å². The number of ketones is 2. The van der Waals surface area contributed by atoms with Gasteiger partial charge in [0.1, 0.15) is 5.78 Å². The molecule has 7 nitrogen and oxygen atoms in total. The maximum atomic E-state index is 14.0. The van der Waals surface area contributed by atoms with Gasteiger partial charge in [-0.3, -0.25) is 9.59 Å². The Morgan fingerprint density at radius 2 is 1.44 bits per heavy atom. The lowest BCUT2D eigenvalue weighted by Gasteiger charge is -2.49. The number of rotatable bonds is 3. The number of hydrogen-bond donors (Lipinski definition) is 0. The second kappa shape index (κ2) is 17.4. The molecule has 0 N–H and O–H groups in total. The van der Waals surface area contributed by atoms with E-state index in [9.17, 15) is 9.59 Å². The summed E-state index contributed by atoms with van der Waals surface area (Å²) in [6.45, 7) is 24.7. The zero-order chi connectivity index (χ0) is 37.3. The van der Waals surface area contributed by atoms with Crippen LogP contribution < -0.4 is 0 Å². The Bertz CT molecular complexity index is 1300. The lowest BCUT2D eigenvalue weighted by atomic mass is 9.75. The van der Waals surface area contributed by atoms with Crippen molar-refractivity contribution in [3.8, 4) is 0 Å². The third kappa shape index (κ3) is 9.24. The first-order valence-corrected chi connectivity index (χ1v) is 21.2. The molecule has 5 saturated heterocycles. The van der Waals surface area contributed by atoms with Crippen LogP contribution in [0.15, 0.2) is 36.5 Å². The highest BCUT2D eigenvalue weighted by atomic mass is 16.6. The minimum absolute atomic E-state index is 0.00231. The Balaban J connectivity index is 1.21. The zero-order valence-electron chi connectivity index (χ0n) is 33.4. The van der Waals surface area contributed by atoms with E-state index in [1.165, 1.54) is 0 Å². The lowest BCUT2D eigenvalue weighted by Crippen LogP contribution is -2.55. The maximum absolute atomic E-state index is 14.0. The van der Waals surface area contributed by atoms with Crippen LogP contribution in [0.3, 0.4) is 0 Å². The molecule has 3 unspecified atom stereocenters. The Labute approximate surface area is 315 Å². The van der Waals surface area contributed by atoms with Crippen molar-refractivity contribution in [2.45, 2.75) is 193 Å². The van der Waals surface area contributed by atoms with Crippen LogP contribution in [-0.2, 0) is 33.3 Å². The molecule has 0 aromatic carbocycles. The summed E-state index contributed by atoms with van der Waals surface area (Å²) in [5.41, 5.74) is 2.28. The molecule has 0 amide bonds. The van der Waals surface area contributed by atoms with Gasteiger partial charge in [-0.2, -0.15) is 0 Å². The highest BCUT2D eigenvalue weighted by Crippen LogP contribution is 2.45. The summed E-state index contributed by atoms with van der Waals surface area (Å²) in [7, 11) is 0. The molecule has 8 heterocycles. The SMILES string of the molecule is C=C1C[C@@H]2CCC(=O)/C=C/[C@H](C)[C@@H]3O[C@H]4CCC(CC(=O)C[C@H]5C(C[C@H]6O[C@@H](CCC1O2)C[C@@H](C)C6=C)O[C@H](C[C@H](C)CC)[C@@H]5C)O[C@@H]4[C@H](C)[C@@H]3C. The summed E-state index contributed by atoms with van der Waals surface area (Å²) in [6.07, 6.45) is 14.2. The van der Waals surface area contributed by atoms with Crippen LogP contribution in [0.4, 0.5) is 0 Å². The van der Waals surface area contributed by atoms with Crippen LogP contribution in [0.5, 0.6) is 0 Å². The molecule has 52 heavy (non-hydrogen) atoms. The van der Waals surface area contributed by atoms with Gasteiger partial charge in [-0.25, -0.2) is 0 Å². The van der Waals surface area contributed by atoms with Gasteiger partial charge in [0.05, 0.1) is 61.0 Å². The molecule has 17 atom stereocenters. The van der Waals surface area contributed by atoms with E-state index in [1.54, 1.807) is 6.08 Å². The molecule has 7 heteroatoms. The van der Waals surface area contributed by atoms with Crippen molar-refractivity contribution in [1.29, 1.82) is 0 Å². The van der Waals surface area contributed by atoms with Crippen molar-refractivity contribution in [3.63, 3.8) is 0 Å². The van der Waals surface area contributed by atoms with Crippen LogP contribution in [-0.4, -0.2) is 72.6 Å². The van der Waals surface area contributed by atoms with E-state index in [0.717, 1.165) is 68.9 Å². The third-order valence-corrected chi connectivity index (χ3v) is 14.4. The first-order valence-electron chi connectivity index (χ1n) is 21.2. The topological polar surface area (TPSA) is 80.3 Å². The molecule has 0 saturated carbocycles. The summed E-state index contributed by atoms with van der Waals surface area (Å²) in [4.78, 5) is 27.0. The van der Waals surface area contributed by atoms with Crippen molar-refractivity contribution >= 4 is 11.6 Å². The first-order chi connectivity index (χ1) is 24.8. The normalized spacial score (nSPS) is 46.7. The van der Waals surface area contributed by atoms with Gasteiger partial charge in [0, 0.05) is 31.6 Å². The summed E-state index contributed by atoms with van der Waals surface area (Å²) in [6, 6.07) is 0.